The third kappa shape index (κ3) is 3.42. The fourth-order valence-corrected chi connectivity index (χ4v) is 4.42. The number of halogens is 4. The van der Waals surface area contributed by atoms with Gasteiger partial charge in [-0.3, -0.25) is 8.57 Å². The Balaban J connectivity index is 1.68. The number of benzene rings is 2. The molecular formula is C16H8Br2Cl2N2O4S. The zero-order chi connectivity index (χ0) is 19.3. The second-order valence-corrected chi connectivity index (χ2v) is 9.01. The molecule has 0 amide bonds. The first-order valence-electron chi connectivity index (χ1n) is 7.32. The molecule has 2 aromatic heterocycles. The van der Waals surface area contributed by atoms with Crippen molar-refractivity contribution in [2.24, 2.45) is 0 Å². The molecule has 0 saturated carbocycles. The SMILES string of the molecule is O=S(=O)(On1ccc2c(Cl)c(Br)ccc21)On1ccc2c(Cl)c(Br)ccc21. The van der Waals surface area contributed by atoms with Gasteiger partial charge in [-0.2, -0.15) is 9.46 Å². The van der Waals surface area contributed by atoms with Crippen LogP contribution in [0.1, 0.15) is 0 Å². The molecule has 0 aliphatic carbocycles. The van der Waals surface area contributed by atoms with Crippen molar-refractivity contribution in [3.05, 3.63) is 67.8 Å². The molecule has 0 aliphatic rings. The highest BCUT2D eigenvalue weighted by molar-refractivity contribution is 9.10. The highest BCUT2D eigenvalue weighted by Gasteiger charge is 2.20. The molecule has 2 heterocycles. The Hall–Kier alpha value is -1.39. The lowest BCUT2D eigenvalue weighted by atomic mass is 10.2. The number of hydrogen-bond acceptors (Lipinski definition) is 4. The number of fused-ring (bicyclic) bond motifs is 2. The van der Waals surface area contributed by atoms with Gasteiger partial charge in [-0.05, 0) is 68.3 Å². The van der Waals surface area contributed by atoms with E-state index in [0.717, 1.165) is 9.46 Å². The van der Waals surface area contributed by atoms with E-state index in [0.29, 0.717) is 40.8 Å². The molecule has 6 nitrogen and oxygen atoms in total. The van der Waals surface area contributed by atoms with Crippen molar-refractivity contribution in [1.82, 2.24) is 9.46 Å². The predicted molar refractivity (Wildman–Crippen MR) is 111 cm³/mol. The summed E-state index contributed by atoms with van der Waals surface area (Å²) in [6.07, 6.45) is 2.87. The molecule has 0 bridgehead atoms. The topological polar surface area (TPSA) is 62.5 Å². The van der Waals surface area contributed by atoms with E-state index in [1.54, 1.807) is 36.4 Å². The van der Waals surface area contributed by atoms with Crippen molar-refractivity contribution >= 4 is 87.3 Å². The van der Waals surface area contributed by atoms with E-state index in [1.807, 2.05) is 0 Å². The van der Waals surface area contributed by atoms with Gasteiger partial charge in [0.05, 0.1) is 21.1 Å². The molecule has 0 radical (unpaired) electrons. The molecule has 4 aromatic rings. The number of rotatable bonds is 4. The van der Waals surface area contributed by atoms with E-state index >= 15 is 0 Å². The molecule has 0 N–H and O–H groups in total. The fourth-order valence-electron chi connectivity index (χ4n) is 2.60. The lowest BCUT2D eigenvalue weighted by molar-refractivity contribution is 0.195. The molecule has 0 fully saturated rings. The maximum absolute atomic E-state index is 12.4. The third-order valence-corrected chi connectivity index (χ3v) is 7.07. The first-order chi connectivity index (χ1) is 12.8. The van der Waals surface area contributed by atoms with Crippen molar-refractivity contribution < 1.29 is 17.0 Å². The Kier molecular flexibility index (Phi) is 4.84. The van der Waals surface area contributed by atoms with Crippen LogP contribution in [0.15, 0.2) is 57.7 Å². The number of aromatic nitrogens is 2. The molecular weight excluding hydrogens is 547 g/mol. The van der Waals surface area contributed by atoms with Crippen molar-refractivity contribution in [3.63, 3.8) is 0 Å². The number of hydrogen-bond donors (Lipinski definition) is 0. The van der Waals surface area contributed by atoms with Crippen LogP contribution in [0, 0.1) is 0 Å². The van der Waals surface area contributed by atoms with Crippen LogP contribution < -0.4 is 8.57 Å². The summed E-state index contributed by atoms with van der Waals surface area (Å²) < 4.78 is 38.4. The van der Waals surface area contributed by atoms with E-state index in [1.165, 1.54) is 12.4 Å². The molecule has 0 aliphatic heterocycles. The largest absolute Gasteiger partial charge is 0.539 e. The molecule has 0 unspecified atom stereocenters. The van der Waals surface area contributed by atoms with Gasteiger partial charge in [0.1, 0.15) is 0 Å². The van der Waals surface area contributed by atoms with Gasteiger partial charge in [0.2, 0.25) is 0 Å². The minimum Gasteiger partial charge on any atom is -0.256 e. The van der Waals surface area contributed by atoms with E-state index in [4.69, 9.17) is 31.8 Å². The molecule has 0 atom stereocenters. The minimum absolute atomic E-state index is 0.449. The van der Waals surface area contributed by atoms with Crippen LogP contribution in [0.5, 0.6) is 0 Å². The summed E-state index contributed by atoms with van der Waals surface area (Å²) >= 11 is 19.0. The molecule has 11 heteroatoms. The average molecular weight is 555 g/mol. The molecule has 0 spiro atoms. The summed E-state index contributed by atoms with van der Waals surface area (Å²) in [5.74, 6) is 0. The van der Waals surface area contributed by atoms with E-state index in [-0.39, 0.29) is 0 Å². The fraction of sp³-hybridized carbons (Fsp3) is 0. The Morgan fingerprint density at radius 2 is 1.15 bits per heavy atom. The monoisotopic (exact) mass is 552 g/mol. The minimum atomic E-state index is -4.44. The first-order valence-corrected chi connectivity index (χ1v) is 11.0. The smallest absolute Gasteiger partial charge is 0.256 e. The average Bonchev–Trinajstić information content (AvgIpc) is 3.19. The third-order valence-electron chi connectivity index (χ3n) is 3.79. The summed E-state index contributed by atoms with van der Waals surface area (Å²) in [6.45, 7) is 0. The Bertz CT molecular complexity index is 1210. The summed E-state index contributed by atoms with van der Waals surface area (Å²) in [6, 6.07) is 10.0. The molecule has 27 heavy (non-hydrogen) atoms. The molecule has 2 aromatic carbocycles. The van der Waals surface area contributed by atoms with E-state index in [9.17, 15) is 8.42 Å². The maximum atomic E-state index is 12.4. The zero-order valence-electron chi connectivity index (χ0n) is 13.1. The highest BCUT2D eigenvalue weighted by atomic mass is 79.9. The normalized spacial score (nSPS) is 12.0. The summed E-state index contributed by atoms with van der Waals surface area (Å²) in [5.41, 5.74) is 0.944. The lowest BCUT2D eigenvalue weighted by Gasteiger charge is -2.10. The standard InChI is InChI=1S/C16H8Br2Cl2N2O4S/c17-11-1-3-13-9(15(11)19)5-7-21(13)25-27(23,24)26-22-8-6-10-14(22)4-2-12(18)16(10)20/h1-8H. The van der Waals surface area contributed by atoms with Gasteiger partial charge in [-0.25, -0.2) is 0 Å². The van der Waals surface area contributed by atoms with E-state index < -0.39 is 10.4 Å². The lowest BCUT2D eigenvalue weighted by Crippen LogP contribution is -2.29. The second-order valence-electron chi connectivity index (χ2n) is 5.43. The van der Waals surface area contributed by atoms with Gasteiger partial charge >= 0.3 is 10.4 Å². The van der Waals surface area contributed by atoms with Crippen molar-refractivity contribution in [3.8, 4) is 0 Å². The quantitative estimate of drug-likeness (QED) is 0.347. The predicted octanol–water partition coefficient (Wildman–Crippen LogP) is 5.23. The Morgan fingerprint density at radius 1 is 0.741 bits per heavy atom. The Morgan fingerprint density at radius 3 is 1.56 bits per heavy atom. The molecule has 4 rings (SSSR count). The molecule has 0 saturated heterocycles. The molecule has 140 valence electrons. The van der Waals surface area contributed by atoms with Gasteiger partial charge in [-0.15, -0.1) is 8.42 Å². The first kappa shape index (κ1) is 18.9. The van der Waals surface area contributed by atoms with Crippen LogP contribution in [-0.2, 0) is 10.4 Å². The van der Waals surface area contributed by atoms with Gasteiger partial charge in [0.15, 0.2) is 0 Å². The summed E-state index contributed by atoms with van der Waals surface area (Å²) in [7, 11) is -4.44. The maximum Gasteiger partial charge on any atom is 0.539 e. The van der Waals surface area contributed by atoms with Crippen molar-refractivity contribution in [1.29, 1.82) is 0 Å². The van der Waals surface area contributed by atoms with Gasteiger partial charge in [0.25, 0.3) is 0 Å². The second kappa shape index (κ2) is 6.89. The van der Waals surface area contributed by atoms with Crippen LogP contribution >= 0.6 is 55.1 Å². The van der Waals surface area contributed by atoms with Gasteiger partial charge in [0, 0.05) is 32.1 Å². The Labute approximate surface area is 180 Å². The number of nitrogens with zero attached hydrogens (tertiary/aromatic N) is 2. The highest BCUT2D eigenvalue weighted by Crippen LogP contribution is 2.32. The van der Waals surface area contributed by atoms with Crippen LogP contribution in [0.4, 0.5) is 0 Å². The van der Waals surface area contributed by atoms with Gasteiger partial charge < -0.3 is 0 Å². The van der Waals surface area contributed by atoms with Crippen LogP contribution in [0.3, 0.4) is 0 Å². The van der Waals surface area contributed by atoms with E-state index in [2.05, 4.69) is 31.9 Å². The van der Waals surface area contributed by atoms with Crippen LogP contribution in [0.2, 0.25) is 10.0 Å². The van der Waals surface area contributed by atoms with Crippen molar-refractivity contribution in [2.75, 3.05) is 0 Å². The van der Waals surface area contributed by atoms with Crippen LogP contribution in [-0.4, -0.2) is 17.9 Å². The summed E-state index contributed by atoms with van der Waals surface area (Å²) in [4.78, 5) is 0. The van der Waals surface area contributed by atoms with Gasteiger partial charge in [-0.1, -0.05) is 23.2 Å². The zero-order valence-corrected chi connectivity index (χ0v) is 18.6. The van der Waals surface area contributed by atoms with Crippen molar-refractivity contribution in [2.45, 2.75) is 0 Å². The van der Waals surface area contributed by atoms with Crippen LogP contribution in [0.25, 0.3) is 21.8 Å². The summed E-state index contributed by atoms with van der Waals surface area (Å²) in [5, 5.41) is 2.16.